The predicted molar refractivity (Wildman–Crippen MR) is 73.1 cm³/mol. The van der Waals surface area contributed by atoms with Crippen LogP contribution in [-0.2, 0) is 4.79 Å². The third-order valence-electron chi connectivity index (χ3n) is 2.65. The monoisotopic (exact) mass is 361 g/mol. The zero-order chi connectivity index (χ0) is 12.3. The Hall–Kier alpha value is -0.550. The van der Waals surface area contributed by atoms with Crippen LogP contribution in [0.3, 0.4) is 0 Å². The summed E-state index contributed by atoms with van der Waals surface area (Å²) in [6.07, 6.45) is 2.42. The second kappa shape index (κ2) is 5.87. The van der Waals surface area contributed by atoms with E-state index in [1.807, 2.05) is 18.2 Å². The lowest BCUT2D eigenvalue weighted by Crippen LogP contribution is -2.36. The Bertz CT molecular complexity index is 423. The molecule has 0 aliphatic carbocycles. The van der Waals surface area contributed by atoms with Gasteiger partial charge in [0, 0.05) is 11.0 Å². The first-order chi connectivity index (χ1) is 8.16. The van der Waals surface area contributed by atoms with Crippen LogP contribution in [0.5, 0.6) is 5.75 Å². The van der Waals surface area contributed by atoms with Gasteiger partial charge in [0.25, 0.3) is 5.91 Å². The molecule has 3 nitrogen and oxygen atoms in total. The molecule has 1 aromatic carbocycles. The van der Waals surface area contributed by atoms with Gasteiger partial charge in [-0.05, 0) is 53.4 Å². The number of ether oxygens (including phenoxy) is 1. The predicted octanol–water partition coefficient (Wildman–Crippen LogP) is 3.26. The molecule has 1 aliphatic rings. The molecule has 0 bridgehead atoms. The number of amides is 1. The second-order valence-electron chi connectivity index (χ2n) is 3.97. The van der Waals surface area contributed by atoms with Crippen molar-refractivity contribution in [2.24, 2.45) is 0 Å². The first-order valence-corrected chi connectivity index (χ1v) is 7.15. The largest absolute Gasteiger partial charge is 0.479 e. The highest BCUT2D eigenvalue weighted by atomic mass is 79.9. The summed E-state index contributed by atoms with van der Waals surface area (Å²) in [5.74, 6) is 0.688. The van der Waals surface area contributed by atoms with Gasteiger partial charge < -0.3 is 10.1 Å². The Morgan fingerprint density at radius 3 is 2.88 bits per heavy atom. The third kappa shape index (κ3) is 3.45. The van der Waals surface area contributed by atoms with Crippen molar-refractivity contribution < 1.29 is 9.53 Å². The molecule has 1 N–H and O–H groups in total. The Balaban J connectivity index is 2.10. The molecule has 1 heterocycles. The zero-order valence-electron chi connectivity index (χ0n) is 9.21. The van der Waals surface area contributed by atoms with Crippen molar-refractivity contribution in [3.05, 3.63) is 27.1 Å². The average molecular weight is 363 g/mol. The quantitative estimate of drug-likeness (QED) is 0.876. The highest BCUT2D eigenvalue weighted by Gasteiger charge is 2.22. The van der Waals surface area contributed by atoms with Crippen molar-refractivity contribution in [2.75, 3.05) is 6.54 Å². The van der Waals surface area contributed by atoms with Crippen molar-refractivity contribution in [2.45, 2.75) is 25.4 Å². The molecule has 1 saturated heterocycles. The number of nitrogens with one attached hydrogen (secondary N) is 1. The molecular formula is C12H13Br2NO2. The lowest BCUT2D eigenvalue weighted by molar-refractivity contribution is -0.127. The van der Waals surface area contributed by atoms with Crippen LogP contribution >= 0.6 is 31.9 Å². The molecule has 1 aromatic rings. The second-order valence-corrected chi connectivity index (χ2v) is 5.74. The standard InChI is InChI=1S/C12H13Br2NO2/c13-8-4-5-10(9(14)7-8)17-11-3-1-2-6-15-12(11)16/h4-5,7,11H,1-3,6H2,(H,15,16). The van der Waals surface area contributed by atoms with Gasteiger partial charge in [0.15, 0.2) is 6.10 Å². The number of rotatable bonds is 2. The van der Waals surface area contributed by atoms with E-state index < -0.39 is 0 Å². The fourth-order valence-electron chi connectivity index (χ4n) is 1.75. The molecular weight excluding hydrogens is 350 g/mol. The van der Waals surface area contributed by atoms with Crippen LogP contribution in [-0.4, -0.2) is 18.6 Å². The van der Waals surface area contributed by atoms with E-state index in [-0.39, 0.29) is 12.0 Å². The zero-order valence-corrected chi connectivity index (χ0v) is 12.4. The van der Waals surface area contributed by atoms with E-state index in [1.54, 1.807) is 0 Å². The van der Waals surface area contributed by atoms with Gasteiger partial charge in [0.05, 0.1) is 4.47 Å². The lowest BCUT2D eigenvalue weighted by atomic mass is 10.2. The summed E-state index contributed by atoms with van der Waals surface area (Å²) >= 11 is 6.81. The molecule has 1 unspecified atom stereocenters. The fraction of sp³-hybridized carbons (Fsp3) is 0.417. The third-order valence-corrected chi connectivity index (χ3v) is 3.76. The average Bonchev–Trinajstić information content (AvgIpc) is 2.48. The number of benzene rings is 1. The van der Waals surface area contributed by atoms with Gasteiger partial charge >= 0.3 is 0 Å². The molecule has 5 heteroatoms. The van der Waals surface area contributed by atoms with Crippen LogP contribution in [0, 0.1) is 0 Å². The molecule has 0 radical (unpaired) electrons. The molecule has 0 spiro atoms. The molecule has 1 amide bonds. The number of hydrogen-bond donors (Lipinski definition) is 1. The van der Waals surface area contributed by atoms with E-state index in [0.717, 1.165) is 34.8 Å². The van der Waals surface area contributed by atoms with E-state index >= 15 is 0 Å². The van der Waals surface area contributed by atoms with Crippen LogP contribution in [0.1, 0.15) is 19.3 Å². The topological polar surface area (TPSA) is 38.3 Å². The number of halogens is 2. The highest BCUT2D eigenvalue weighted by Crippen LogP contribution is 2.29. The Morgan fingerprint density at radius 1 is 1.29 bits per heavy atom. The number of hydrogen-bond acceptors (Lipinski definition) is 2. The maximum Gasteiger partial charge on any atom is 0.261 e. The summed E-state index contributed by atoms with van der Waals surface area (Å²) in [5.41, 5.74) is 0. The maximum atomic E-state index is 11.7. The molecule has 1 fully saturated rings. The number of carbonyl (C=O) groups is 1. The molecule has 2 rings (SSSR count). The lowest BCUT2D eigenvalue weighted by Gasteiger charge is -2.16. The molecule has 0 aromatic heterocycles. The van der Waals surface area contributed by atoms with Crippen molar-refractivity contribution in [1.29, 1.82) is 0 Å². The summed E-state index contributed by atoms with van der Waals surface area (Å²) in [7, 11) is 0. The van der Waals surface area contributed by atoms with Gasteiger partial charge in [0.2, 0.25) is 0 Å². The van der Waals surface area contributed by atoms with E-state index in [2.05, 4.69) is 37.2 Å². The van der Waals surface area contributed by atoms with Gasteiger partial charge in [-0.3, -0.25) is 4.79 Å². The van der Waals surface area contributed by atoms with Gasteiger partial charge in [-0.15, -0.1) is 0 Å². The van der Waals surface area contributed by atoms with Crippen LogP contribution in [0.4, 0.5) is 0 Å². The minimum atomic E-state index is -0.380. The van der Waals surface area contributed by atoms with Crippen LogP contribution in [0.2, 0.25) is 0 Å². The van der Waals surface area contributed by atoms with E-state index in [9.17, 15) is 4.79 Å². The maximum absolute atomic E-state index is 11.7. The molecule has 1 atom stereocenters. The van der Waals surface area contributed by atoms with Gasteiger partial charge in [-0.2, -0.15) is 0 Å². The van der Waals surface area contributed by atoms with E-state index in [0.29, 0.717) is 5.75 Å². The molecule has 92 valence electrons. The van der Waals surface area contributed by atoms with Crippen LogP contribution in [0.25, 0.3) is 0 Å². The van der Waals surface area contributed by atoms with Gasteiger partial charge in [-0.25, -0.2) is 0 Å². The Labute approximate surface area is 117 Å². The first-order valence-electron chi connectivity index (χ1n) is 5.56. The van der Waals surface area contributed by atoms with E-state index in [4.69, 9.17) is 4.74 Å². The Morgan fingerprint density at radius 2 is 2.12 bits per heavy atom. The minimum absolute atomic E-state index is 0.0164. The van der Waals surface area contributed by atoms with Crippen molar-refractivity contribution in [3.8, 4) is 5.75 Å². The van der Waals surface area contributed by atoms with Gasteiger partial charge in [0.1, 0.15) is 5.75 Å². The van der Waals surface area contributed by atoms with E-state index in [1.165, 1.54) is 0 Å². The minimum Gasteiger partial charge on any atom is -0.479 e. The summed E-state index contributed by atoms with van der Waals surface area (Å²) in [6.45, 7) is 0.750. The molecule has 1 aliphatic heterocycles. The summed E-state index contributed by atoms with van der Waals surface area (Å²) in [4.78, 5) is 11.7. The SMILES string of the molecule is O=C1NCCCCC1Oc1ccc(Br)cc1Br. The first kappa shape index (κ1) is 12.9. The normalized spacial score (nSPS) is 20.6. The highest BCUT2D eigenvalue weighted by molar-refractivity contribution is 9.11. The fourth-order valence-corrected chi connectivity index (χ4v) is 2.89. The smallest absolute Gasteiger partial charge is 0.261 e. The summed E-state index contributed by atoms with van der Waals surface area (Å²) < 4.78 is 7.58. The van der Waals surface area contributed by atoms with Gasteiger partial charge in [-0.1, -0.05) is 15.9 Å². The van der Waals surface area contributed by atoms with Crippen molar-refractivity contribution in [3.63, 3.8) is 0 Å². The Kier molecular flexibility index (Phi) is 4.45. The van der Waals surface area contributed by atoms with Crippen LogP contribution in [0.15, 0.2) is 27.1 Å². The molecule has 17 heavy (non-hydrogen) atoms. The summed E-state index contributed by atoms with van der Waals surface area (Å²) in [6, 6.07) is 5.66. The summed E-state index contributed by atoms with van der Waals surface area (Å²) in [5, 5.41) is 2.86. The van der Waals surface area contributed by atoms with Crippen molar-refractivity contribution in [1.82, 2.24) is 5.32 Å². The number of carbonyl (C=O) groups excluding carboxylic acids is 1. The molecule has 0 saturated carbocycles. The van der Waals surface area contributed by atoms with Crippen LogP contribution < -0.4 is 10.1 Å². The van der Waals surface area contributed by atoms with Crippen molar-refractivity contribution >= 4 is 37.8 Å².